The van der Waals surface area contributed by atoms with Crippen LogP contribution in [0.4, 0.5) is 0 Å². The minimum Gasteiger partial charge on any atom is -0.479 e. The predicted octanol–water partition coefficient (Wildman–Crippen LogP) is 0.955. The van der Waals surface area contributed by atoms with Crippen LogP contribution < -0.4 is 5.32 Å². The lowest BCUT2D eigenvalue weighted by atomic mass is 9.71. The highest BCUT2D eigenvalue weighted by Crippen LogP contribution is 2.56. The molecule has 12 heteroatoms. The van der Waals surface area contributed by atoms with Gasteiger partial charge in [0.05, 0.1) is 24.4 Å². The van der Waals surface area contributed by atoms with Gasteiger partial charge < -0.3 is 49.8 Å². The highest BCUT2D eigenvalue weighted by molar-refractivity contribution is 5.74. The zero-order valence-electron chi connectivity index (χ0n) is 25.4. The summed E-state index contributed by atoms with van der Waals surface area (Å²) in [5.74, 6) is -1.51. The molecule has 6 N–H and O–H groups in total. The second kappa shape index (κ2) is 13.5. The van der Waals surface area contributed by atoms with E-state index in [2.05, 4.69) is 5.32 Å². The second-order valence-corrected chi connectivity index (χ2v) is 12.5. The van der Waals surface area contributed by atoms with E-state index in [1.165, 1.54) is 6.92 Å². The third-order valence-electron chi connectivity index (χ3n) is 9.79. The predicted molar refractivity (Wildman–Crippen MR) is 147 cm³/mol. The standard InChI is InChI=1S/C29H51NO11/c1-8-11-16-14(4)29(16,7)41-23-20(34)21(35)27(40-24(23)26(36)37)39-22-18(30-15(5)32)25(28(6,10-3)12-9-2)38-17(13-31)19(22)33/h14,16-25,27,31,33-35H,8-13H2,1-7H3,(H,30,32)(H,36,37)/t14?,16?,17?,18?,19-,20?,21?,22?,23+,24?,25?,27-,28?,29-/m1/s1. The number of rotatable bonds is 13. The van der Waals surface area contributed by atoms with Gasteiger partial charge in [-0.2, -0.15) is 0 Å². The fourth-order valence-electron chi connectivity index (χ4n) is 6.92. The summed E-state index contributed by atoms with van der Waals surface area (Å²) in [6.07, 6.45) is -8.69. The van der Waals surface area contributed by atoms with E-state index in [-0.39, 0.29) is 11.8 Å². The van der Waals surface area contributed by atoms with Crippen LogP contribution in [0.25, 0.3) is 0 Å². The van der Waals surface area contributed by atoms with Crippen LogP contribution in [-0.4, -0.2) is 111 Å². The molecule has 0 aromatic carbocycles. The number of hydrogen-bond donors (Lipinski definition) is 6. The molecule has 2 aliphatic heterocycles. The average molecular weight is 590 g/mol. The third-order valence-corrected chi connectivity index (χ3v) is 9.79. The molecule has 12 nitrogen and oxygen atoms in total. The van der Waals surface area contributed by atoms with Crippen molar-refractivity contribution in [3.63, 3.8) is 0 Å². The Hall–Kier alpha value is -1.38. The first-order valence-corrected chi connectivity index (χ1v) is 15.0. The van der Waals surface area contributed by atoms with E-state index in [0.29, 0.717) is 12.8 Å². The summed E-state index contributed by atoms with van der Waals surface area (Å²) in [5, 5.41) is 56.3. The zero-order chi connectivity index (χ0) is 30.9. The molecule has 0 aromatic heterocycles. The van der Waals surface area contributed by atoms with Crippen LogP contribution >= 0.6 is 0 Å². The van der Waals surface area contributed by atoms with Gasteiger partial charge in [0.2, 0.25) is 5.91 Å². The molecule has 1 aliphatic carbocycles. The molecule has 3 rings (SSSR count). The summed E-state index contributed by atoms with van der Waals surface area (Å²) < 4.78 is 24.1. The van der Waals surface area contributed by atoms with Gasteiger partial charge in [-0.3, -0.25) is 4.79 Å². The Balaban J connectivity index is 1.91. The van der Waals surface area contributed by atoms with E-state index in [1.807, 2.05) is 41.5 Å². The van der Waals surface area contributed by atoms with Crippen LogP contribution in [0.5, 0.6) is 0 Å². The van der Waals surface area contributed by atoms with Crippen molar-refractivity contribution in [2.75, 3.05) is 6.61 Å². The molecule has 41 heavy (non-hydrogen) atoms. The molecule has 3 aliphatic rings. The molecule has 10 unspecified atom stereocenters. The number of carboxylic acid groups (broad SMARTS) is 1. The van der Waals surface area contributed by atoms with Crippen LogP contribution in [0, 0.1) is 17.3 Å². The van der Waals surface area contributed by atoms with E-state index in [9.17, 15) is 35.1 Å². The lowest BCUT2D eigenvalue weighted by molar-refractivity contribution is -0.337. The highest BCUT2D eigenvalue weighted by Gasteiger charge is 2.63. The van der Waals surface area contributed by atoms with Crippen molar-refractivity contribution in [1.29, 1.82) is 0 Å². The number of hydrogen-bond acceptors (Lipinski definition) is 10. The minimum absolute atomic E-state index is 0.134. The molecule has 1 saturated carbocycles. The smallest absolute Gasteiger partial charge is 0.335 e. The van der Waals surface area contributed by atoms with Crippen molar-refractivity contribution < 1.29 is 54.1 Å². The molecule has 0 aromatic rings. The monoisotopic (exact) mass is 589 g/mol. The molecule has 1 amide bonds. The Morgan fingerprint density at radius 1 is 1.02 bits per heavy atom. The fourth-order valence-corrected chi connectivity index (χ4v) is 6.92. The second-order valence-electron chi connectivity index (χ2n) is 12.5. The molecule has 0 bridgehead atoms. The summed E-state index contributed by atoms with van der Waals surface area (Å²) in [6, 6.07) is -0.937. The van der Waals surface area contributed by atoms with Crippen molar-refractivity contribution >= 4 is 11.9 Å². The maximum absolute atomic E-state index is 12.3. The Bertz CT molecular complexity index is 906. The van der Waals surface area contributed by atoms with Gasteiger partial charge in [-0.15, -0.1) is 0 Å². The van der Waals surface area contributed by atoms with Crippen molar-refractivity contribution in [1.82, 2.24) is 5.32 Å². The minimum atomic E-state index is -1.73. The Kier molecular flexibility index (Phi) is 11.2. The summed E-state index contributed by atoms with van der Waals surface area (Å²) in [4.78, 5) is 24.6. The third kappa shape index (κ3) is 6.75. The van der Waals surface area contributed by atoms with Crippen LogP contribution in [0.2, 0.25) is 0 Å². The van der Waals surface area contributed by atoms with Gasteiger partial charge >= 0.3 is 5.97 Å². The van der Waals surface area contributed by atoms with Crippen molar-refractivity contribution in [2.24, 2.45) is 17.3 Å². The summed E-state index contributed by atoms with van der Waals surface area (Å²) in [6.45, 7) is 12.7. The molecular formula is C29H51NO11. The van der Waals surface area contributed by atoms with E-state index >= 15 is 0 Å². The van der Waals surface area contributed by atoms with Gasteiger partial charge in [0.15, 0.2) is 12.4 Å². The van der Waals surface area contributed by atoms with Crippen LogP contribution in [-0.2, 0) is 28.5 Å². The first-order valence-electron chi connectivity index (χ1n) is 15.0. The zero-order valence-corrected chi connectivity index (χ0v) is 25.4. The Morgan fingerprint density at radius 2 is 1.68 bits per heavy atom. The molecule has 2 heterocycles. The van der Waals surface area contributed by atoms with E-state index in [0.717, 1.165) is 19.3 Å². The van der Waals surface area contributed by atoms with Crippen LogP contribution in [0.1, 0.15) is 80.6 Å². The maximum atomic E-state index is 12.3. The normalized spacial score (nSPS) is 44.2. The summed E-state index contributed by atoms with van der Waals surface area (Å²) in [5.41, 5.74) is -1.17. The number of carbonyl (C=O) groups excluding carboxylic acids is 1. The molecule has 3 fully saturated rings. The number of carboxylic acids is 1. The maximum Gasteiger partial charge on any atom is 0.335 e. The summed E-state index contributed by atoms with van der Waals surface area (Å²) in [7, 11) is 0. The molecule has 0 spiro atoms. The van der Waals surface area contributed by atoms with Crippen molar-refractivity contribution in [2.45, 2.75) is 147 Å². The number of aliphatic hydroxyl groups is 4. The lowest BCUT2D eigenvalue weighted by Crippen LogP contribution is -2.70. The highest BCUT2D eigenvalue weighted by atomic mass is 16.7. The molecule has 238 valence electrons. The van der Waals surface area contributed by atoms with Crippen LogP contribution in [0.3, 0.4) is 0 Å². The van der Waals surface area contributed by atoms with Crippen molar-refractivity contribution in [3.05, 3.63) is 0 Å². The van der Waals surface area contributed by atoms with Crippen molar-refractivity contribution in [3.8, 4) is 0 Å². The van der Waals surface area contributed by atoms with Gasteiger partial charge in [-0.1, -0.05) is 47.5 Å². The average Bonchev–Trinajstić information content (AvgIpc) is 3.42. The number of aliphatic hydroxyl groups excluding tert-OH is 4. The molecule has 14 atom stereocenters. The SMILES string of the molecule is CCCC1C(C)[C@@]1(C)O[C@@H]1C(C(=O)O)O[C@@H](OC2C(NC(C)=O)C(C(C)(CC)CCC)OC(CO)[C@H]2O)C(O)C1O. The fraction of sp³-hybridized carbons (Fsp3) is 0.931. The number of amides is 1. The topological polar surface area (TPSA) is 184 Å². The first-order chi connectivity index (χ1) is 19.2. The number of aliphatic carboxylic acids is 1. The number of nitrogens with one attached hydrogen (secondary N) is 1. The molecule has 2 saturated heterocycles. The van der Waals surface area contributed by atoms with Gasteiger partial charge in [0.25, 0.3) is 0 Å². The quantitative estimate of drug-likeness (QED) is 0.180. The largest absolute Gasteiger partial charge is 0.479 e. The van der Waals surface area contributed by atoms with E-state index in [1.54, 1.807) is 0 Å². The van der Waals surface area contributed by atoms with Gasteiger partial charge in [-0.25, -0.2) is 4.79 Å². The Morgan fingerprint density at radius 3 is 2.20 bits per heavy atom. The van der Waals surface area contributed by atoms with Crippen LogP contribution in [0.15, 0.2) is 0 Å². The van der Waals surface area contributed by atoms with Gasteiger partial charge in [-0.05, 0) is 43.4 Å². The van der Waals surface area contributed by atoms with Gasteiger partial charge in [0.1, 0.15) is 36.6 Å². The van der Waals surface area contributed by atoms with Gasteiger partial charge in [0, 0.05) is 6.92 Å². The molecule has 0 radical (unpaired) electrons. The number of ether oxygens (including phenoxy) is 4. The molecular weight excluding hydrogens is 538 g/mol. The van der Waals surface area contributed by atoms with E-state index in [4.69, 9.17) is 18.9 Å². The van der Waals surface area contributed by atoms with E-state index < -0.39 is 90.7 Å². The number of carbonyl (C=O) groups is 2. The Labute approximate surface area is 242 Å². The first kappa shape index (κ1) is 34.1. The lowest BCUT2D eigenvalue weighted by Gasteiger charge is -2.52. The summed E-state index contributed by atoms with van der Waals surface area (Å²) >= 11 is 0.